The molecule has 2 N–H and O–H groups in total. The number of likely N-dealkylation sites (tertiary alicyclic amines) is 1. The molecule has 0 unspecified atom stereocenters. The Morgan fingerprint density at radius 3 is 2.39 bits per heavy atom. The van der Waals surface area contributed by atoms with Crippen LogP contribution in [0.15, 0.2) is 71.5 Å². The molecule has 2 atom stereocenters. The molecule has 1 fully saturated rings. The van der Waals surface area contributed by atoms with E-state index >= 15 is 0 Å². The molecule has 168 valence electrons. The van der Waals surface area contributed by atoms with Crippen molar-refractivity contribution in [2.24, 2.45) is 5.92 Å². The third-order valence-corrected chi connectivity index (χ3v) is 6.26. The van der Waals surface area contributed by atoms with Crippen molar-refractivity contribution in [2.75, 3.05) is 23.7 Å². The van der Waals surface area contributed by atoms with Crippen molar-refractivity contribution in [3.63, 3.8) is 0 Å². The van der Waals surface area contributed by atoms with Crippen molar-refractivity contribution in [2.45, 2.75) is 18.9 Å². The first-order chi connectivity index (χ1) is 16.0. The van der Waals surface area contributed by atoms with Gasteiger partial charge in [-0.1, -0.05) is 18.2 Å². The molecule has 1 saturated heterocycles. The molecule has 0 saturated carbocycles. The quantitative estimate of drug-likeness (QED) is 0.640. The first-order valence-electron chi connectivity index (χ1n) is 10.9. The lowest BCUT2D eigenvalue weighted by molar-refractivity contribution is 0.0594. The number of nitrogens with zero attached hydrogens (tertiary/aromatic N) is 2. The number of hydrogen-bond acceptors (Lipinski definition) is 3. The summed E-state index contributed by atoms with van der Waals surface area (Å²) in [7, 11) is 0. The molecular weight excluding hydrogens is 423 g/mol. The maximum absolute atomic E-state index is 13.2. The number of amides is 3. The van der Waals surface area contributed by atoms with Gasteiger partial charge in [-0.2, -0.15) is 0 Å². The van der Waals surface area contributed by atoms with Gasteiger partial charge in [0.15, 0.2) is 0 Å². The third kappa shape index (κ3) is 4.24. The molecule has 0 radical (unpaired) electrons. The van der Waals surface area contributed by atoms with Crippen LogP contribution in [0, 0.1) is 11.7 Å². The Labute approximate surface area is 189 Å². The largest absolute Gasteiger partial charge is 0.338 e. The zero-order valence-electron chi connectivity index (χ0n) is 17.8. The zero-order valence-corrected chi connectivity index (χ0v) is 17.8. The number of urea groups is 1. The molecule has 0 aliphatic carbocycles. The van der Waals surface area contributed by atoms with E-state index in [1.165, 1.54) is 24.3 Å². The molecule has 2 aliphatic heterocycles. The summed E-state index contributed by atoms with van der Waals surface area (Å²) >= 11 is 0. The number of aromatic nitrogens is 1. The van der Waals surface area contributed by atoms with Gasteiger partial charge in [0.25, 0.3) is 11.5 Å². The normalized spacial score (nSPS) is 18.9. The fraction of sp³-hybridized carbons (Fsp3) is 0.240. The molecule has 2 bridgehead atoms. The zero-order chi connectivity index (χ0) is 22.9. The Hall–Kier alpha value is -3.94. The smallest absolute Gasteiger partial charge is 0.323 e. The molecule has 2 aromatic carbocycles. The van der Waals surface area contributed by atoms with Crippen molar-refractivity contribution in [1.29, 1.82) is 0 Å². The fourth-order valence-electron chi connectivity index (χ4n) is 4.79. The number of pyridine rings is 1. The number of fused-ring (bicyclic) bond motifs is 4. The number of rotatable bonds is 3. The van der Waals surface area contributed by atoms with E-state index < -0.39 is 6.03 Å². The van der Waals surface area contributed by atoms with Crippen molar-refractivity contribution >= 4 is 23.3 Å². The van der Waals surface area contributed by atoms with Crippen molar-refractivity contribution < 1.29 is 14.0 Å². The highest BCUT2D eigenvalue weighted by atomic mass is 19.1. The van der Waals surface area contributed by atoms with E-state index in [1.54, 1.807) is 27.7 Å². The van der Waals surface area contributed by atoms with E-state index in [9.17, 15) is 18.8 Å². The average molecular weight is 446 g/mol. The third-order valence-electron chi connectivity index (χ3n) is 6.26. The van der Waals surface area contributed by atoms with Gasteiger partial charge in [-0.05, 0) is 60.9 Å². The predicted octanol–water partition coefficient (Wildman–Crippen LogP) is 3.89. The number of piperidine rings is 1. The number of nitrogens with one attached hydrogen (secondary N) is 2. The van der Waals surface area contributed by atoms with Crippen LogP contribution in [0.2, 0.25) is 0 Å². The van der Waals surface area contributed by atoms with E-state index in [0.29, 0.717) is 30.9 Å². The lowest BCUT2D eigenvalue weighted by atomic mass is 9.83. The van der Waals surface area contributed by atoms with Crippen LogP contribution in [-0.4, -0.2) is 34.5 Å². The van der Waals surface area contributed by atoms with Crippen molar-refractivity contribution in [3.05, 3.63) is 94.2 Å². The minimum absolute atomic E-state index is 0.0294. The van der Waals surface area contributed by atoms with Gasteiger partial charge in [-0.15, -0.1) is 0 Å². The summed E-state index contributed by atoms with van der Waals surface area (Å²) in [6, 6.07) is 17.6. The summed E-state index contributed by atoms with van der Waals surface area (Å²) in [6.45, 7) is 1.51. The van der Waals surface area contributed by atoms with E-state index in [0.717, 1.165) is 12.1 Å². The summed E-state index contributed by atoms with van der Waals surface area (Å²) in [5.41, 5.74) is 1.92. The maximum atomic E-state index is 13.2. The Balaban J connectivity index is 1.33. The Kier molecular flexibility index (Phi) is 5.42. The summed E-state index contributed by atoms with van der Waals surface area (Å²) in [4.78, 5) is 40.2. The van der Waals surface area contributed by atoms with Gasteiger partial charge in [-0.25, -0.2) is 9.18 Å². The summed E-state index contributed by atoms with van der Waals surface area (Å²) in [5.74, 6) is -0.345. The van der Waals surface area contributed by atoms with E-state index in [2.05, 4.69) is 10.6 Å². The molecule has 3 aromatic rings. The molecule has 3 heterocycles. The minimum atomic E-state index is -0.481. The number of benzene rings is 2. The van der Waals surface area contributed by atoms with Crippen LogP contribution in [0.3, 0.4) is 0 Å². The standard InChI is InChI=1S/C25H23FN4O3/c26-19-8-6-17(7-9-19)23(31)29-13-16-12-18(15-29)22-11-10-21(24(32)30(22)14-16)28-25(33)27-20-4-2-1-3-5-20/h1-11,16,18H,12-15H2,(H2,27,28,33)/t16-,18+/m0/s1. The number of carbonyl (C=O) groups is 2. The van der Waals surface area contributed by atoms with Crippen LogP contribution >= 0.6 is 0 Å². The first-order valence-corrected chi connectivity index (χ1v) is 10.9. The Morgan fingerprint density at radius 1 is 0.879 bits per heavy atom. The lowest BCUT2D eigenvalue weighted by Gasteiger charge is -2.43. The first kappa shape index (κ1) is 20.9. The summed E-state index contributed by atoms with van der Waals surface area (Å²) in [6.07, 6.45) is 0.897. The van der Waals surface area contributed by atoms with E-state index in [4.69, 9.17) is 0 Å². The van der Waals surface area contributed by atoms with Crippen LogP contribution in [0.5, 0.6) is 0 Å². The molecule has 0 spiro atoms. The summed E-state index contributed by atoms with van der Waals surface area (Å²) in [5, 5.41) is 5.36. The van der Waals surface area contributed by atoms with Gasteiger partial charge in [0.2, 0.25) is 0 Å². The highest BCUT2D eigenvalue weighted by Crippen LogP contribution is 2.36. The summed E-state index contributed by atoms with van der Waals surface area (Å²) < 4.78 is 14.9. The second-order valence-electron chi connectivity index (χ2n) is 8.55. The second kappa shape index (κ2) is 8.54. The van der Waals surface area contributed by atoms with Crippen LogP contribution in [0.1, 0.15) is 28.4 Å². The molecule has 1 aromatic heterocycles. The minimum Gasteiger partial charge on any atom is -0.338 e. The Bertz CT molecular complexity index is 1260. The molecule has 5 rings (SSSR count). The maximum Gasteiger partial charge on any atom is 0.323 e. The molecule has 8 heteroatoms. The number of para-hydroxylation sites is 1. The highest BCUT2D eigenvalue weighted by molar-refractivity contribution is 5.99. The van der Waals surface area contributed by atoms with Gasteiger partial charge in [-0.3, -0.25) is 9.59 Å². The topological polar surface area (TPSA) is 83.4 Å². The predicted molar refractivity (Wildman–Crippen MR) is 123 cm³/mol. The monoisotopic (exact) mass is 446 g/mol. The molecular formula is C25H23FN4O3. The SMILES string of the molecule is O=C(Nc1ccccc1)Nc1ccc2n(c1=O)C[C@H]1C[C@@H]2CN(C(=O)c2ccc(F)cc2)C1. The molecule has 7 nitrogen and oxygen atoms in total. The van der Waals surface area contributed by atoms with Gasteiger partial charge in [0.05, 0.1) is 0 Å². The highest BCUT2D eigenvalue weighted by Gasteiger charge is 2.37. The second-order valence-corrected chi connectivity index (χ2v) is 8.55. The van der Waals surface area contributed by atoms with Crippen LogP contribution in [0.4, 0.5) is 20.6 Å². The van der Waals surface area contributed by atoms with Crippen LogP contribution in [-0.2, 0) is 6.54 Å². The number of anilines is 2. The van der Waals surface area contributed by atoms with Crippen LogP contribution < -0.4 is 16.2 Å². The number of halogens is 1. The average Bonchev–Trinajstić information content (AvgIpc) is 2.82. The van der Waals surface area contributed by atoms with Gasteiger partial charge < -0.3 is 20.1 Å². The fourth-order valence-corrected chi connectivity index (χ4v) is 4.79. The number of hydrogen-bond donors (Lipinski definition) is 2. The van der Waals surface area contributed by atoms with Crippen molar-refractivity contribution in [1.82, 2.24) is 9.47 Å². The Morgan fingerprint density at radius 2 is 1.64 bits per heavy atom. The van der Waals surface area contributed by atoms with E-state index in [1.807, 2.05) is 24.3 Å². The lowest BCUT2D eigenvalue weighted by Crippen LogP contribution is -2.49. The van der Waals surface area contributed by atoms with E-state index in [-0.39, 0.29) is 34.8 Å². The molecule has 33 heavy (non-hydrogen) atoms. The van der Waals surface area contributed by atoms with Gasteiger partial charge in [0, 0.05) is 42.5 Å². The van der Waals surface area contributed by atoms with Crippen LogP contribution in [0.25, 0.3) is 0 Å². The van der Waals surface area contributed by atoms with Gasteiger partial charge in [0.1, 0.15) is 11.5 Å². The molecule has 3 amide bonds. The number of carbonyl (C=O) groups excluding carboxylic acids is 2. The molecule has 2 aliphatic rings. The van der Waals surface area contributed by atoms with Gasteiger partial charge >= 0.3 is 6.03 Å². The van der Waals surface area contributed by atoms with Crippen molar-refractivity contribution in [3.8, 4) is 0 Å².